The van der Waals surface area contributed by atoms with E-state index >= 15 is 0 Å². The van der Waals surface area contributed by atoms with Gasteiger partial charge in [0, 0.05) is 0 Å². The van der Waals surface area contributed by atoms with Gasteiger partial charge < -0.3 is 0 Å². The number of nitrogens with zero attached hydrogens (tertiary/aromatic N) is 1. The van der Waals surface area contributed by atoms with Crippen molar-refractivity contribution in [1.82, 2.24) is 4.90 Å². The number of aliphatic hydroxyl groups excluding tert-OH is 1. The molecule has 0 amide bonds. The van der Waals surface area contributed by atoms with E-state index in [-0.39, 0.29) is 6.61 Å². The van der Waals surface area contributed by atoms with Gasteiger partial charge in [0.05, 0.1) is 0 Å². The van der Waals surface area contributed by atoms with Crippen molar-refractivity contribution in [2.24, 2.45) is 0 Å². The topological polar surface area (TPSA) is 23.5 Å². The number of aliphatic hydroxyl groups is 1. The standard InChI is InChI=1S/C9H13Cl2NOSe/c10-4-8-6-12(2-1-3-13)7-9(5-11)14-8/h4-5,13H,1-3,6-7H2/b8-4+,9-5+. The molecule has 1 saturated heterocycles. The molecule has 1 fully saturated rings. The average Bonchev–Trinajstić information content (AvgIpc) is 2.25. The van der Waals surface area contributed by atoms with Gasteiger partial charge in [-0.15, -0.1) is 0 Å². The Morgan fingerprint density at radius 2 is 1.86 bits per heavy atom. The molecule has 0 unspecified atom stereocenters. The second-order valence-corrected chi connectivity index (χ2v) is 6.11. The summed E-state index contributed by atoms with van der Waals surface area (Å²) in [5.74, 6) is 0. The summed E-state index contributed by atoms with van der Waals surface area (Å²) >= 11 is 11.7. The predicted molar refractivity (Wildman–Crippen MR) is 61.8 cm³/mol. The Morgan fingerprint density at radius 3 is 2.29 bits per heavy atom. The van der Waals surface area contributed by atoms with Crippen LogP contribution in [0.3, 0.4) is 0 Å². The number of halogens is 2. The zero-order valence-corrected chi connectivity index (χ0v) is 11.0. The molecule has 0 aliphatic carbocycles. The van der Waals surface area contributed by atoms with Crippen LogP contribution in [0.2, 0.25) is 0 Å². The van der Waals surface area contributed by atoms with E-state index in [4.69, 9.17) is 28.3 Å². The molecule has 0 aromatic carbocycles. The summed E-state index contributed by atoms with van der Waals surface area (Å²) in [6.07, 6.45) is 0.804. The molecule has 14 heavy (non-hydrogen) atoms. The van der Waals surface area contributed by atoms with Gasteiger partial charge in [-0.25, -0.2) is 0 Å². The average molecular weight is 301 g/mol. The van der Waals surface area contributed by atoms with Gasteiger partial charge in [0.15, 0.2) is 0 Å². The van der Waals surface area contributed by atoms with Crippen molar-refractivity contribution in [2.75, 3.05) is 26.2 Å². The molecular formula is C9H13Cl2NOSe. The van der Waals surface area contributed by atoms with E-state index in [2.05, 4.69) is 4.90 Å². The van der Waals surface area contributed by atoms with Gasteiger partial charge in [-0.1, -0.05) is 0 Å². The molecule has 1 heterocycles. The molecule has 0 radical (unpaired) electrons. The van der Waals surface area contributed by atoms with Crippen LogP contribution in [0.5, 0.6) is 0 Å². The molecule has 0 saturated carbocycles. The van der Waals surface area contributed by atoms with Gasteiger partial charge in [0.25, 0.3) is 0 Å². The third kappa shape index (κ3) is 3.93. The van der Waals surface area contributed by atoms with Crippen molar-refractivity contribution in [2.45, 2.75) is 6.42 Å². The van der Waals surface area contributed by atoms with E-state index < -0.39 is 0 Å². The van der Waals surface area contributed by atoms with Gasteiger partial charge in [0.1, 0.15) is 0 Å². The minimum absolute atomic E-state index is 0.238. The predicted octanol–water partition coefficient (Wildman–Crippen LogP) is 1.55. The van der Waals surface area contributed by atoms with E-state index in [0.29, 0.717) is 15.0 Å². The first-order chi connectivity index (χ1) is 6.80. The van der Waals surface area contributed by atoms with Crippen molar-refractivity contribution >= 4 is 38.2 Å². The molecular weight excluding hydrogens is 288 g/mol. The molecule has 0 atom stereocenters. The first-order valence-electron chi connectivity index (χ1n) is 4.39. The van der Waals surface area contributed by atoms with Crippen LogP contribution < -0.4 is 0 Å². The zero-order chi connectivity index (χ0) is 10.4. The first kappa shape index (κ1) is 12.6. The van der Waals surface area contributed by atoms with E-state index in [1.807, 2.05) is 0 Å². The molecule has 0 spiro atoms. The van der Waals surface area contributed by atoms with E-state index in [1.165, 1.54) is 8.94 Å². The Kier molecular flexibility index (Phi) is 6.18. The monoisotopic (exact) mass is 301 g/mol. The Bertz CT molecular complexity index is 223. The maximum atomic E-state index is 8.74. The third-order valence-corrected chi connectivity index (χ3v) is 5.15. The number of rotatable bonds is 3. The van der Waals surface area contributed by atoms with Crippen LogP contribution in [0, 0.1) is 0 Å². The Hall–Kier alpha value is 0.499. The summed E-state index contributed by atoms with van der Waals surface area (Å²) in [6, 6.07) is 0. The molecule has 1 rings (SSSR count). The quantitative estimate of drug-likeness (QED) is 0.800. The second kappa shape index (κ2) is 6.89. The second-order valence-electron chi connectivity index (χ2n) is 3.04. The van der Waals surface area contributed by atoms with Crippen molar-refractivity contribution in [1.29, 1.82) is 0 Å². The van der Waals surface area contributed by atoms with Crippen LogP contribution in [0.4, 0.5) is 0 Å². The van der Waals surface area contributed by atoms with Gasteiger partial charge in [-0.2, -0.15) is 0 Å². The van der Waals surface area contributed by atoms with Crippen molar-refractivity contribution < 1.29 is 5.11 Å². The van der Waals surface area contributed by atoms with E-state index in [9.17, 15) is 0 Å². The Labute approximate surface area is 101 Å². The van der Waals surface area contributed by atoms with Crippen LogP contribution in [0.25, 0.3) is 0 Å². The summed E-state index contributed by atoms with van der Waals surface area (Å²) in [4.78, 5) is 2.25. The molecule has 0 bridgehead atoms. The van der Waals surface area contributed by atoms with E-state index in [0.717, 1.165) is 26.1 Å². The maximum absolute atomic E-state index is 8.74. The van der Waals surface area contributed by atoms with E-state index in [1.54, 1.807) is 11.1 Å². The summed E-state index contributed by atoms with van der Waals surface area (Å²) in [5, 5.41) is 8.74. The third-order valence-electron chi connectivity index (χ3n) is 1.90. The molecule has 80 valence electrons. The van der Waals surface area contributed by atoms with Gasteiger partial charge >= 0.3 is 101 Å². The SMILES string of the molecule is OCCCN1C/C(=C\Cl)[Se]/C(=C/Cl)C1. The Morgan fingerprint density at radius 1 is 1.29 bits per heavy atom. The molecule has 1 aliphatic heterocycles. The molecule has 1 N–H and O–H groups in total. The van der Waals surface area contributed by atoms with Crippen molar-refractivity contribution in [3.8, 4) is 0 Å². The summed E-state index contributed by atoms with van der Waals surface area (Å²) in [5.41, 5.74) is 3.32. The molecule has 0 aromatic rings. The van der Waals surface area contributed by atoms with Crippen LogP contribution in [-0.4, -0.2) is 51.2 Å². The van der Waals surface area contributed by atoms with Crippen LogP contribution in [0.15, 0.2) is 20.0 Å². The summed E-state index contributed by atoms with van der Waals surface area (Å²) in [7, 11) is 0. The fraction of sp³-hybridized carbons (Fsp3) is 0.556. The normalized spacial score (nSPS) is 24.8. The summed E-state index contributed by atoms with van der Waals surface area (Å²) in [6.45, 7) is 2.96. The fourth-order valence-corrected chi connectivity index (χ4v) is 3.83. The zero-order valence-electron chi connectivity index (χ0n) is 7.75. The van der Waals surface area contributed by atoms with Crippen LogP contribution in [0.1, 0.15) is 6.42 Å². The van der Waals surface area contributed by atoms with Crippen LogP contribution >= 0.6 is 23.2 Å². The Balaban J connectivity index is 2.52. The minimum atomic E-state index is 0.238. The molecule has 0 aromatic heterocycles. The van der Waals surface area contributed by atoms with Gasteiger partial charge in [-0.3, -0.25) is 0 Å². The molecule has 1 aliphatic rings. The first-order valence-corrected chi connectivity index (χ1v) is 6.98. The summed E-state index contributed by atoms with van der Waals surface area (Å²) < 4.78 is 2.49. The van der Waals surface area contributed by atoms with Crippen molar-refractivity contribution in [3.63, 3.8) is 0 Å². The van der Waals surface area contributed by atoms with Gasteiger partial charge in [0.2, 0.25) is 0 Å². The number of hydrogen-bond acceptors (Lipinski definition) is 2. The fourth-order valence-electron chi connectivity index (χ4n) is 1.30. The molecule has 5 heteroatoms. The molecule has 2 nitrogen and oxygen atoms in total. The van der Waals surface area contributed by atoms with Gasteiger partial charge in [-0.05, 0) is 0 Å². The van der Waals surface area contributed by atoms with Crippen molar-refractivity contribution in [3.05, 3.63) is 20.0 Å². The van der Waals surface area contributed by atoms with Crippen LogP contribution in [-0.2, 0) is 0 Å². The number of hydrogen-bond donors (Lipinski definition) is 1.